The van der Waals surface area contributed by atoms with Crippen molar-refractivity contribution in [2.75, 3.05) is 26.2 Å². The minimum atomic E-state index is -3.48. The quantitative estimate of drug-likeness (QED) is 0.826. The van der Waals surface area contributed by atoms with Crippen LogP contribution in [0.15, 0.2) is 0 Å². The molecule has 116 valence electrons. The summed E-state index contributed by atoms with van der Waals surface area (Å²) in [6.45, 7) is 3.83. The van der Waals surface area contributed by atoms with Gasteiger partial charge in [-0.2, -0.15) is 17.0 Å². The predicted molar refractivity (Wildman–Crippen MR) is 75.4 cm³/mol. The molecule has 1 N–H and O–H groups in total. The molecule has 0 aromatic heterocycles. The highest BCUT2D eigenvalue weighted by atomic mass is 32.2. The molecular weight excluding hydrogens is 280 g/mol. The van der Waals surface area contributed by atoms with Crippen LogP contribution < -0.4 is 0 Å². The van der Waals surface area contributed by atoms with Gasteiger partial charge in [0.15, 0.2) is 0 Å². The molecule has 6 nitrogen and oxygen atoms in total. The Morgan fingerprint density at radius 3 is 2.55 bits per heavy atom. The molecule has 0 saturated carbocycles. The van der Waals surface area contributed by atoms with Crippen LogP contribution in [0.2, 0.25) is 0 Å². The lowest BCUT2D eigenvalue weighted by atomic mass is 10.0. The largest absolute Gasteiger partial charge is 0.481 e. The van der Waals surface area contributed by atoms with Gasteiger partial charge in [-0.25, -0.2) is 0 Å². The molecule has 2 heterocycles. The van der Waals surface area contributed by atoms with Gasteiger partial charge >= 0.3 is 5.97 Å². The molecule has 0 aromatic carbocycles. The molecule has 2 aliphatic rings. The summed E-state index contributed by atoms with van der Waals surface area (Å²) < 4.78 is 28.0. The maximum absolute atomic E-state index is 12.6. The molecule has 2 saturated heterocycles. The highest BCUT2D eigenvalue weighted by Crippen LogP contribution is 2.27. The lowest BCUT2D eigenvalue weighted by Gasteiger charge is -2.32. The van der Waals surface area contributed by atoms with E-state index in [1.54, 1.807) is 0 Å². The number of nitrogens with zero attached hydrogens (tertiary/aromatic N) is 2. The van der Waals surface area contributed by atoms with E-state index in [9.17, 15) is 13.2 Å². The van der Waals surface area contributed by atoms with E-state index < -0.39 is 22.1 Å². The number of hydrogen-bond acceptors (Lipinski definition) is 3. The third kappa shape index (κ3) is 3.32. The van der Waals surface area contributed by atoms with Crippen molar-refractivity contribution >= 4 is 16.2 Å². The van der Waals surface area contributed by atoms with Gasteiger partial charge in [-0.1, -0.05) is 13.3 Å². The Morgan fingerprint density at radius 2 is 1.90 bits per heavy atom. The second kappa shape index (κ2) is 6.41. The fourth-order valence-electron chi connectivity index (χ4n) is 3.17. The first kappa shape index (κ1) is 15.7. The molecule has 0 aromatic rings. The number of piperidine rings is 1. The second-order valence-corrected chi connectivity index (χ2v) is 7.77. The summed E-state index contributed by atoms with van der Waals surface area (Å²) in [5, 5.41) is 9.06. The smallest absolute Gasteiger partial charge is 0.307 e. The standard InChI is InChI=1S/C13H24N2O4S/c1-2-4-11-6-8-15(9-11)20(18,19)14-7-3-5-12(10-14)13(16)17/h11-12H,2-10H2,1H3,(H,16,17). The van der Waals surface area contributed by atoms with Crippen LogP contribution in [0.4, 0.5) is 0 Å². The van der Waals surface area contributed by atoms with Crippen molar-refractivity contribution in [1.82, 2.24) is 8.61 Å². The normalized spacial score (nSPS) is 29.6. The maximum atomic E-state index is 12.6. The number of hydrogen-bond donors (Lipinski definition) is 1. The number of carboxylic acids is 1. The van der Waals surface area contributed by atoms with E-state index in [1.165, 1.54) is 8.61 Å². The van der Waals surface area contributed by atoms with E-state index in [0.717, 1.165) is 19.3 Å². The van der Waals surface area contributed by atoms with Crippen molar-refractivity contribution in [3.05, 3.63) is 0 Å². The lowest BCUT2D eigenvalue weighted by Crippen LogP contribution is -2.48. The van der Waals surface area contributed by atoms with Crippen molar-refractivity contribution in [3.63, 3.8) is 0 Å². The Kier molecular flexibility index (Phi) is 5.04. The first-order valence-corrected chi connectivity index (χ1v) is 8.83. The first-order chi connectivity index (χ1) is 9.45. The van der Waals surface area contributed by atoms with Crippen LogP contribution in [0.3, 0.4) is 0 Å². The van der Waals surface area contributed by atoms with Gasteiger partial charge in [-0.3, -0.25) is 4.79 Å². The summed E-state index contributed by atoms with van der Waals surface area (Å²) in [4.78, 5) is 11.1. The average Bonchev–Trinajstić information content (AvgIpc) is 2.88. The zero-order chi connectivity index (χ0) is 14.8. The third-order valence-electron chi connectivity index (χ3n) is 4.33. The maximum Gasteiger partial charge on any atom is 0.307 e. The summed E-state index contributed by atoms with van der Waals surface area (Å²) in [6, 6.07) is 0. The minimum Gasteiger partial charge on any atom is -0.481 e. The Morgan fingerprint density at radius 1 is 1.20 bits per heavy atom. The summed E-state index contributed by atoms with van der Waals surface area (Å²) in [5.74, 6) is -1.00. The molecule has 7 heteroatoms. The summed E-state index contributed by atoms with van der Waals surface area (Å²) in [5.41, 5.74) is 0. The van der Waals surface area contributed by atoms with E-state index in [0.29, 0.717) is 38.4 Å². The van der Waals surface area contributed by atoms with Crippen molar-refractivity contribution in [2.24, 2.45) is 11.8 Å². The average molecular weight is 304 g/mol. The highest BCUT2D eigenvalue weighted by Gasteiger charge is 2.38. The molecule has 0 aliphatic carbocycles. The van der Waals surface area contributed by atoms with Crippen molar-refractivity contribution in [3.8, 4) is 0 Å². The van der Waals surface area contributed by atoms with E-state index in [1.807, 2.05) is 0 Å². The van der Waals surface area contributed by atoms with Crippen LogP contribution in [-0.4, -0.2) is 54.3 Å². The lowest BCUT2D eigenvalue weighted by molar-refractivity contribution is -0.142. The van der Waals surface area contributed by atoms with Crippen LogP contribution in [0.5, 0.6) is 0 Å². The summed E-state index contributed by atoms with van der Waals surface area (Å²) >= 11 is 0. The van der Waals surface area contributed by atoms with Crippen LogP contribution in [0.1, 0.15) is 39.0 Å². The number of aliphatic carboxylic acids is 1. The zero-order valence-electron chi connectivity index (χ0n) is 12.0. The number of carboxylic acid groups (broad SMARTS) is 1. The molecule has 0 bridgehead atoms. The van der Waals surface area contributed by atoms with E-state index in [2.05, 4.69) is 6.92 Å². The minimum absolute atomic E-state index is 0.118. The molecule has 2 unspecified atom stereocenters. The van der Waals surface area contributed by atoms with E-state index in [4.69, 9.17) is 5.11 Å². The third-order valence-corrected chi connectivity index (χ3v) is 6.30. The Balaban J connectivity index is 2.01. The van der Waals surface area contributed by atoms with Gasteiger partial charge in [0.25, 0.3) is 10.2 Å². The molecule has 0 radical (unpaired) electrons. The topological polar surface area (TPSA) is 77.9 Å². The van der Waals surface area contributed by atoms with Gasteiger partial charge < -0.3 is 5.11 Å². The van der Waals surface area contributed by atoms with Crippen molar-refractivity contribution in [1.29, 1.82) is 0 Å². The van der Waals surface area contributed by atoms with Crippen LogP contribution in [0, 0.1) is 11.8 Å². The SMILES string of the molecule is CCCC1CCN(S(=O)(=O)N2CCCC(C(=O)O)C2)C1. The molecular formula is C13H24N2O4S. The molecule has 0 spiro atoms. The molecule has 0 amide bonds. The van der Waals surface area contributed by atoms with E-state index >= 15 is 0 Å². The molecule has 2 fully saturated rings. The van der Waals surface area contributed by atoms with Crippen LogP contribution in [-0.2, 0) is 15.0 Å². The predicted octanol–water partition coefficient (Wildman–Crippen LogP) is 1.15. The van der Waals surface area contributed by atoms with Crippen LogP contribution in [0.25, 0.3) is 0 Å². The molecule has 20 heavy (non-hydrogen) atoms. The van der Waals surface area contributed by atoms with Gasteiger partial charge in [-0.15, -0.1) is 0 Å². The number of rotatable bonds is 5. The van der Waals surface area contributed by atoms with E-state index in [-0.39, 0.29) is 6.54 Å². The highest BCUT2D eigenvalue weighted by molar-refractivity contribution is 7.86. The van der Waals surface area contributed by atoms with Crippen LogP contribution >= 0.6 is 0 Å². The Bertz CT molecular complexity index is 451. The fraction of sp³-hybridized carbons (Fsp3) is 0.923. The first-order valence-electron chi connectivity index (χ1n) is 7.43. The fourth-order valence-corrected chi connectivity index (χ4v) is 4.96. The van der Waals surface area contributed by atoms with Crippen molar-refractivity contribution in [2.45, 2.75) is 39.0 Å². The molecule has 2 atom stereocenters. The Labute approximate surface area is 120 Å². The second-order valence-electron chi connectivity index (χ2n) is 5.84. The van der Waals surface area contributed by atoms with Gasteiger partial charge in [-0.05, 0) is 31.6 Å². The Hall–Kier alpha value is -0.660. The molecule has 2 rings (SSSR count). The zero-order valence-corrected chi connectivity index (χ0v) is 12.8. The molecule has 2 aliphatic heterocycles. The van der Waals surface area contributed by atoms with Crippen molar-refractivity contribution < 1.29 is 18.3 Å². The number of carbonyl (C=O) groups is 1. The summed E-state index contributed by atoms with van der Waals surface area (Å²) in [6.07, 6.45) is 4.25. The van der Waals surface area contributed by atoms with Gasteiger partial charge in [0, 0.05) is 26.2 Å². The monoisotopic (exact) mass is 304 g/mol. The summed E-state index contributed by atoms with van der Waals surface area (Å²) in [7, 11) is -3.48. The van der Waals surface area contributed by atoms with Gasteiger partial charge in [0.05, 0.1) is 5.92 Å². The van der Waals surface area contributed by atoms with Gasteiger partial charge in [0.2, 0.25) is 0 Å². The van der Waals surface area contributed by atoms with Gasteiger partial charge in [0.1, 0.15) is 0 Å².